The molecule has 28 heavy (non-hydrogen) atoms. The van der Waals surface area contributed by atoms with Crippen molar-refractivity contribution in [3.05, 3.63) is 65.0 Å². The van der Waals surface area contributed by atoms with Crippen LogP contribution in [0, 0.1) is 13.8 Å². The standard InChI is InChI=1S/C23H33N5/c1-18-5-4-6-20(15-18)17-28-13-9-22(10-14-28)27-23(24-3)26-12-8-21-7-11-25-16-19(21)2/h4-7,11,15-16,22H,8-10,12-14,17H2,1-3H3,(H2,24,26,27). The molecule has 5 heteroatoms. The Kier molecular flexibility index (Phi) is 7.43. The van der Waals surface area contributed by atoms with E-state index in [1.54, 1.807) is 0 Å². The summed E-state index contributed by atoms with van der Waals surface area (Å²) in [6, 6.07) is 11.4. The molecule has 1 fully saturated rings. The normalized spacial score (nSPS) is 16.2. The Bertz CT molecular complexity index is 778. The van der Waals surface area contributed by atoms with Gasteiger partial charge >= 0.3 is 0 Å². The predicted octanol–water partition coefficient (Wildman–Crippen LogP) is 3.07. The number of aromatic nitrogens is 1. The summed E-state index contributed by atoms with van der Waals surface area (Å²) in [6.07, 6.45) is 7.06. The van der Waals surface area contributed by atoms with Crippen LogP contribution >= 0.6 is 0 Å². The van der Waals surface area contributed by atoms with E-state index < -0.39 is 0 Å². The zero-order valence-corrected chi connectivity index (χ0v) is 17.4. The van der Waals surface area contributed by atoms with Gasteiger partial charge in [-0.25, -0.2) is 0 Å². The van der Waals surface area contributed by atoms with Crippen LogP contribution in [0.5, 0.6) is 0 Å². The Morgan fingerprint density at radius 1 is 1.21 bits per heavy atom. The molecule has 0 spiro atoms. The highest BCUT2D eigenvalue weighted by Gasteiger charge is 2.20. The van der Waals surface area contributed by atoms with Crippen molar-refractivity contribution in [1.29, 1.82) is 0 Å². The summed E-state index contributed by atoms with van der Waals surface area (Å²) in [5.41, 5.74) is 5.33. The van der Waals surface area contributed by atoms with E-state index in [0.717, 1.165) is 51.4 Å². The molecule has 0 unspecified atom stereocenters. The van der Waals surface area contributed by atoms with Gasteiger partial charge in [0.15, 0.2) is 5.96 Å². The van der Waals surface area contributed by atoms with E-state index in [4.69, 9.17) is 0 Å². The number of aryl methyl sites for hydroxylation is 2. The van der Waals surface area contributed by atoms with Crippen molar-refractivity contribution >= 4 is 5.96 Å². The fourth-order valence-corrected chi connectivity index (χ4v) is 3.79. The minimum absolute atomic E-state index is 0.489. The van der Waals surface area contributed by atoms with E-state index in [2.05, 4.69) is 69.7 Å². The first-order chi connectivity index (χ1) is 13.6. The summed E-state index contributed by atoms with van der Waals surface area (Å²) in [5.74, 6) is 0.906. The van der Waals surface area contributed by atoms with Crippen LogP contribution < -0.4 is 10.6 Å². The minimum atomic E-state index is 0.489. The maximum atomic E-state index is 4.40. The number of hydrogen-bond acceptors (Lipinski definition) is 3. The first kappa shape index (κ1) is 20.3. The second-order valence-corrected chi connectivity index (χ2v) is 7.73. The predicted molar refractivity (Wildman–Crippen MR) is 117 cm³/mol. The van der Waals surface area contributed by atoms with E-state index in [1.165, 1.54) is 22.3 Å². The van der Waals surface area contributed by atoms with Crippen molar-refractivity contribution in [3.8, 4) is 0 Å². The molecule has 0 atom stereocenters. The van der Waals surface area contributed by atoms with Crippen LogP contribution in [0.25, 0.3) is 0 Å². The maximum Gasteiger partial charge on any atom is 0.191 e. The Morgan fingerprint density at radius 2 is 2.04 bits per heavy atom. The van der Waals surface area contributed by atoms with Gasteiger partial charge in [-0.2, -0.15) is 0 Å². The molecule has 1 aromatic carbocycles. The molecule has 1 aromatic heterocycles. The van der Waals surface area contributed by atoms with Crippen molar-refractivity contribution in [2.24, 2.45) is 4.99 Å². The number of nitrogens with one attached hydrogen (secondary N) is 2. The lowest BCUT2D eigenvalue weighted by Crippen LogP contribution is -2.48. The smallest absolute Gasteiger partial charge is 0.191 e. The number of pyridine rings is 1. The third kappa shape index (κ3) is 6.06. The SMILES string of the molecule is CN=C(NCCc1ccncc1C)NC1CCN(Cc2cccc(C)c2)CC1. The fraction of sp³-hybridized carbons (Fsp3) is 0.478. The summed E-state index contributed by atoms with van der Waals surface area (Å²) in [7, 11) is 1.85. The lowest BCUT2D eigenvalue weighted by molar-refractivity contribution is 0.198. The van der Waals surface area contributed by atoms with Crippen LogP contribution in [0.4, 0.5) is 0 Å². The molecule has 2 heterocycles. The fourth-order valence-electron chi connectivity index (χ4n) is 3.79. The number of likely N-dealkylation sites (tertiary alicyclic amines) is 1. The molecular weight excluding hydrogens is 346 g/mol. The third-order valence-electron chi connectivity index (χ3n) is 5.46. The third-order valence-corrected chi connectivity index (χ3v) is 5.46. The number of benzene rings is 1. The number of guanidine groups is 1. The highest BCUT2D eigenvalue weighted by atomic mass is 15.2. The lowest BCUT2D eigenvalue weighted by atomic mass is 10.0. The van der Waals surface area contributed by atoms with Crippen molar-refractivity contribution in [2.45, 2.75) is 45.7 Å². The number of nitrogens with zero attached hydrogens (tertiary/aromatic N) is 3. The van der Waals surface area contributed by atoms with Gasteiger partial charge in [0.05, 0.1) is 0 Å². The Balaban J connectivity index is 1.39. The van der Waals surface area contributed by atoms with Gasteiger partial charge in [0.1, 0.15) is 0 Å². The second-order valence-electron chi connectivity index (χ2n) is 7.73. The largest absolute Gasteiger partial charge is 0.356 e. The van der Waals surface area contributed by atoms with E-state index in [9.17, 15) is 0 Å². The Labute approximate surface area is 169 Å². The molecule has 0 aliphatic carbocycles. The van der Waals surface area contributed by atoms with Crippen molar-refractivity contribution in [1.82, 2.24) is 20.5 Å². The van der Waals surface area contributed by atoms with Crippen LogP contribution in [-0.2, 0) is 13.0 Å². The van der Waals surface area contributed by atoms with Crippen LogP contribution in [0.3, 0.4) is 0 Å². The molecule has 1 aliphatic heterocycles. The van der Waals surface area contributed by atoms with E-state index >= 15 is 0 Å². The highest BCUT2D eigenvalue weighted by molar-refractivity contribution is 5.79. The summed E-state index contributed by atoms with van der Waals surface area (Å²) in [4.78, 5) is 11.1. The Hall–Kier alpha value is -2.40. The molecular formula is C23H33N5. The number of hydrogen-bond donors (Lipinski definition) is 2. The minimum Gasteiger partial charge on any atom is -0.356 e. The summed E-state index contributed by atoms with van der Waals surface area (Å²) in [5, 5.41) is 7.05. The molecule has 2 aromatic rings. The molecule has 3 rings (SSSR count). The van der Waals surface area contributed by atoms with Crippen LogP contribution in [0.15, 0.2) is 47.7 Å². The van der Waals surface area contributed by atoms with Gasteiger partial charge in [0, 0.05) is 51.7 Å². The van der Waals surface area contributed by atoms with Gasteiger partial charge in [-0.1, -0.05) is 29.8 Å². The van der Waals surface area contributed by atoms with Gasteiger partial charge in [0.2, 0.25) is 0 Å². The van der Waals surface area contributed by atoms with Crippen LogP contribution in [-0.4, -0.2) is 48.6 Å². The molecule has 0 bridgehead atoms. The van der Waals surface area contributed by atoms with Crippen molar-refractivity contribution < 1.29 is 0 Å². The average molecular weight is 380 g/mol. The zero-order chi connectivity index (χ0) is 19.8. The molecule has 0 saturated carbocycles. The van der Waals surface area contributed by atoms with Gasteiger partial charge in [-0.05, 0) is 55.9 Å². The number of aliphatic imine (C=N–C) groups is 1. The molecule has 5 nitrogen and oxygen atoms in total. The van der Waals surface area contributed by atoms with Crippen molar-refractivity contribution in [3.63, 3.8) is 0 Å². The molecule has 1 saturated heterocycles. The quantitative estimate of drug-likeness (QED) is 0.598. The maximum absolute atomic E-state index is 4.40. The van der Waals surface area contributed by atoms with Crippen LogP contribution in [0.1, 0.15) is 35.1 Å². The first-order valence-corrected chi connectivity index (χ1v) is 10.3. The van der Waals surface area contributed by atoms with Crippen LogP contribution in [0.2, 0.25) is 0 Å². The molecule has 2 N–H and O–H groups in total. The molecule has 1 aliphatic rings. The van der Waals surface area contributed by atoms with Gasteiger partial charge in [-0.3, -0.25) is 14.9 Å². The average Bonchev–Trinajstić information content (AvgIpc) is 2.70. The van der Waals surface area contributed by atoms with Gasteiger partial charge < -0.3 is 10.6 Å². The second kappa shape index (κ2) is 10.2. The monoisotopic (exact) mass is 379 g/mol. The van der Waals surface area contributed by atoms with E-state index in [-0.39, 0.29) is 0 Å². The summed E-state index contributed by atoms with van der Waals surface area (Å²) >= 11 is 0. The topological polar surface area (TPSA) is 52.6 Å². The number of piperidine rings is 1. The van der Waals surface area contributed by atoms with E-state index in [0.29, 0.717) is 6.04 Å². The van der Waals surface area contributed by atoms with E-state index in [1.807, 2.05) is 19.4 Å². The summed E-state index contributed by atoms with van der Waals surface area (Å²) in [6.45, 7) is 8.44. The number of rotatable bonds is 6. The summed E-state index contributed by atoms with van der Waals surface area (Å²) < 4.78 is 0. The Morgan fingerprint density at radius 3 is 2.75 bits per heavy atom. The van der Waals surface area contributed by atoms with Gasteiger partial charge in [-0.15, -0.1) is 0 Å². The molecule has 0 radical (unpaired) electrons. The van der Waals surface area contributed by atoms with Crippen molar-refractivity contribution in [2.75, 3.05) is 26.7 Å². The first-order valence-electron chi connectivity index (χ1n) is 10.3. The lowest BCUT2D eigenvalue weighted by Gasteiger charge is -2.33. The highest BCUT2D eigenvalue weighted by Crippen LogP contribution is 2.14. The molecule has 150 valence electrons. The zero-order valence-electron chi connectivity index (χ0n) is 17.4. The molecule has 0 amide bonds. The van der Waals surface area contributed by atoms with Gasteiger partial charge in [0.25, 0.3) is 0 Å².